The van der Waals surface area contributed by atoms with Gasteiger partial charge in [0.1, 0.15) is 0 Å². The molecular formula is C17H25ClN2OS. The summed E-state index contributed by atoms with van der Waals surface area (Å²) in [5.41, 5.74) is 1.37. The molecule has 1 unspecified atom stereocenters. The number of halogens is 1. The largest absolute Gasteiger partial charge is 0.393 e. The monoisotopic (exact) mass is 340 g/mol. The van der Waals surface area contributed by atoms with E-state index in [9.17, 15) is 5.11 Å². The maximum Gasteiger partial charge on any atom is 0.0564 e. The summed E-state index contributed by atoms with van der Waals surface area (Å²) in [5, 5.41) is 14.1. The summed E-state index contributed by atoms with van der Waals surface area (Å²) in [6.45, 7) is 4.25. The van der Waals surface area contributed by atoms with E-state index >= 15 is 0 Å². The van der Waals surface area contributed by atoms with Gasteiger partial charge in [0.25, 0.3) is 0 Å². The Balaban J connectivity index is 1.44. The van der Waals surface area contributed by atoms with Crippen molar-refractivity contribution in [1.29, 1.82) is 0 Å². The minimum atomic E-state index is -0.0737. The van der Waals surface area contributed by atoms with E-state index in [1.807, 2.05) is 17.8 Å². The molecule has 122 valence electrons. The van der Waals surface area contributed by atoms with Gasteiger partial charge in [-0.1, -0.05) is 23.7 Å². The number of benzene rings is 1. The van der Waals surface area contributed by atoms with Crippen molar-refractivity contribution in [1.82, 2.24) is 10.2 Å². The van der Waals surface area contributed by atoms with Crippen molar-refractivity contribution in [3.05, 3.63) is 28.8 Å². The molecule has 0 aliphatic carbocycles. The molecule has 1 saturated heterocycles. The fourth-order valence-corrected chi connectivity index (χ4v) is 4.81. The standard InChI is InChI=1S/C17H25ClN2OS/c18-15-4-1-3-14-16(7-12-22-17(14)15)19-8-2-9-20-10-5-13(21)6-11-20/h1,3-4,13,16,19,21H,2,5-12H2. The van der Waals surface area contributed by atoms with Crippen molar-refractivity contribution in [2.75, 3.05) is 31.9 Å². The Bertz CT molecular complexity index is 492. The lowest BCUT2D eigenvalue weighted by molar-refractivity contribution is 0.0820. The van der Waals surface area contributed by atoms with Gasteiger partial charge in [-0.2, -0.15) is 0 Å². The second kappa shape index (κ2) is 8.02. The van der Waals surface area contributed by atoms with E-state index in [2.05, 4.69) is 22.3 Å². The molecule has 5 heteroatoms. The SMILES string of the molecule is OC1CCN(CCCNC2CCSc3c(Cl)cccc32)CC1. The number of fused-ring (bicyclic) bond motifs is 1. The summed E-state index contributed by atoms with van der Waals surface area (Å²) >= 11 is 8.18. The molecule has 0 spiro atoms. The lowest BCUT2D eigenvalue weighted by atomic mass is 10.0. The highest BCUT2D eigenvalue weighted by atomic mass is 35.5. The van der Waals surface area contributed by atoms with Crippen LogP contribution >= 0.6 is 23.4 Å². The first kappa shape index (κ1) is 16.6. The molecule has 1 aromatic rings. The molecule has 0 saturated carbocycles. The van der Waals surface area contributed by atoms with Gasteiger partial charge < -0.3 is 15.3 Å². The number of hydrogen-bond acceptors (Lipinski definition) is 4. The van der Waals surface area contributed by atoms with Gasteiger partial charge in [-0.3, -0.25) is 0 Å². The van der Waals surface area contributed by atoms with Crippen LogP contribution in [-0.4, -0.2) is 48.0 Å². The van der Waals surface area contributed by atoms with E-state index in [4.69, 9.17) is 11.6 Å². The molecule has 0 aromatic heterocycles. The third-order valence-corrected chi connectivity index (χ3v) is 6.24. The van der Waals surface area contributed by atoms with E-state index in [0.29, 0.717) is 6.04 Å². The Hall–Kier alpha value is -0.260. The van der Waals surface area contributed by atoms with Gasteiger partial charge in [0.2, 0.25) is 0 Å². The molecule has 0 radical (unpaired) electrons. The molecule has 3 nitrogen and oxygen atoms in total. The number of likely N-dealkylation sites (tertiary alicyclic amines) is 1. The van der Waals surface area contributed by atoms with E-state index in [0.717, 1.165) is 56.2 Å². The number of thioether (sulfide) groups is 1. The zero-order chi connectivity index (χ0) is 15.4. The van der Waals surface area contributed by atoms with Crippen LogP contribution in [0.5, 0.6) is 0 Å². The van der Waals surface area contributed by atoms with Gasteiger partial charge >= 0.3 is 0 Å². The average Bonchev–Trinajstić information content (AvgIpc) is 2.54. The summed E-state index contributed by atoms with van der Waals surface area (Å²) in [6.07, 6.45) is 4.12. The number of aliphatic hydroxyl groups is 1. The minimum absolute atomic E-state index is 0.0737. The van der Waals surface area contributed by atoms with Gasteiger partial charge in [-0.15, -0.1) is 11.8 Å². The number of nitrogens with zero attached hydrogens (tertiary/aromatic N) is 1. The molecule has 2 N–H and O–H groups in total. The zero-order valence-corrected chi connectivity index (χ0v) is 14.5. The van der Waals surface area contributed by atoms with Gasteiger partial charge in [0.05, 0.1) is 11.1 Å². The fraction of sp³-hybridized carbons (Fsp3) is 0.647. The zero-order valence-electron chi connectivity index (χ0n) is 12.9. The smallest absolute Gasteiger partial charge is 0.0564 e. The molecule has 2 aliphatic heterocycles. The molecule has 2 aliphatic rings. The van der Waals surface area contributed by atoms with Crippen molar-refractivity contribution in [3.8, 4) is 0 Å². The minimum Gasteiger partial charge on any atom is -0.393 e. The predicted octanol–water partition coefficient (Wildman–Crippen LogP) is 3.31. The quantitative estimate of drug-likeness (QED) is 0.806. The van der Waals surface area contributed by atoms with Crippen molar-refractivity contribution >= 4 is 23.4 Å². The molecule has 1 aromatic carbocycles. The number of aliphatic hydroxyl groups excluding tert-OH is 1. The average molecular weight is 341 g/mol. The normalized spacial score (nSPS) is 23.5. The van der Waals surface area contributed by atoms with Crippen LogP contribution in [0.3, 0.4) is 0 Å². The van der Waals surface area contributed by atoms with Crippen LogP contribution in [-0.2, 0) is 0 Å². The molecule has 3 rings (SSSR count). The highest BCUT2D eigenvalue weighted by Gasteiger charge is 2.22. The van der Waals surface area contributed by atoms with Crippen LogP contribution in [0.25, 0.3) is 0 Å². The summed E-state index contributed by atoms with van der Waals surface area (Å²) in [5.74, 6) is 1.14. The third-order valence-electron chi connectivity index (χ3n) is 4.62. The highest BCUT2D eigenvalue weighted by Crippen LogP contribution is 2.40. The van der Waals surface area contributed by atoms with Crippen LogP contribution < -0.4 is 5.32 Å². The van der Waals surface area contributed by atoms with Crippen molar-refractivity contribution in [2.45, 2.75) is 42.7 Å². The molecule has 0 amide bonds. The Morgan fingerprint density at radius 3 is 2.91 bits per heavy atom. The van der Waals surface area contributed by atoms with Gasteiger partial charge in [-0.05, 0) is 56.2 Å². The maximum absolute atomic E-state index is 9.53. The van der Waals surface area contributed by atoms with Crippen LogP contribution in [0.15, 0.2) is 23.1 Å². The summed E-state index contributed by atoms with van der Waals surface area (Å²) < 4.78 is 0. The first-order valence-corrected chi connectivity index (χ1v) is 9.65. The highest BCUT2D eigenvalue weighted by molar-refractivity contribution is 7.99. The molecule has 1 atom stereocenters. The lowest BCUT2D eigenvalue weighted by Crippen LogP contribution is -2.37. The number of rotatable bonds is 5. The second-order valence-electron chi connectivity index (χ2n) is 6.23. The Morgan fingerprint density at radius 1 is 1.27 bits per heavy atom. The van der Waals surface area contributed by atoms with E-state index in [-0.39, 0.29) is 6.10 Å². The van der Waals surface area contributed by atoms with Gasteiger partial charge in [0.15, 0.2) is 0 Å². The Morgan fingerprint density at radius 2 is 2.09 bits per heavy atom. The van der Waals surface area contributed by atoms with Gasteiger partial charge in [0, 0.05) is 24.0 Å². The van der Waals surface area contributed by atoms with Crippen LogP contribution in [0, 0.1) is 0 Å². The predicted molar refractivity (Wildman–Crippen MR) is 93.8 cm³/mol. The first-order valence-electron chi connectivity index (χ1n) is 8.29. The molecule has 1 fully saturated rings. The lowest BCUT2D eigenvalue weighted by Gasteiger charge is -2.30. The van der Waals surface area contributed by atoms with E-state index in [1.54, 1.807) is 0 Å². The van der Waals surface area contributed by atoms with Crippen molar-refractivity contribution in [3.63, 3.8) is 0 Å². The van der Waals surface area contributed by atoms with Gasteiger partial charge in [-0.25, -0.2) is 0 Å². The maximum atomic E-state index is 9.53. The Kier molecular flexibility index (Phi) is 6.05. The summed E-state index contributed by atoms with van der Waals surface area (Å²) in [4.78, 5) is 3.73. The fourth-order valence-electron chi connectivity index (χ4n) is 3.32. The van der Waals surface area contributed by atoms with Crippen LogP contribution in [0.4, 0.5) is 0 Å². The summed E-state index contributed by atoms with van der Waals surface area (Å²) in [6, 6.07) is 6.69. The second-order valence-corrected chi connectivity index (χ2v) is 7.74. The van der Waals surface area contributed by atoms with Crippen molar-refractivity contribution in [2.24, 2.45) is 0 Å². The number of hydrogen-bond donors (Lipinski definition) is 2. The molecule has 2 heterocycles. The summed E-state index contributed by atoms with van der Waals surface area (Å²) in [7, 11) is 0. The molecule has 0 bridgehead atoms. The number of piperidine rings is 1. The van der Waals surface area contributed by atoms with E-state index in [1.165, 1.54) is 16.9 Å². The van der Waals surface area contributed by atoms with E-state index < -0.39 is 0 Å². The van der Waals surface area contributed by atoms with Crippen molar-refractivity contribution < 1.29 is 5.11 Å². The topological polar surface area (TPSA) is 35.5 Å². The Labute approximate surface area is 142 Å². The van der Waals surface area contributed by atoms with Crippen LogP contribution in [0.1, 0.15) is 37.3 Å². The molecular weight excluding hydrogens is 316 g/mol. The molecule has 22 heavy (non-hydrogen) atoms. The van der Waals surface area contributed by atoms with Crippen LogP contribution in [0.2, 0.25) is 5.02 Å². The first-order chi connectivity index (χ1) is 10.7. The third kappa shape index (κ3) is 4.18. The number of nitrogens with one attached hydrogen (secondary N) is 1.